The topological polar surface area (TPSA) is 23.5 Å². The van der Waals surface area contributed by atoms with Crippen LogP contribution < -0.4 is 0 Å². The van der Waals surface area contributed by atoms with E-state index in [1.165, 1.54) is 19.3 Å². The molecule has 13 heavy (non-hydrogen) atoms. The minimum absolute atomic E-state index is 0.0278. The predicted octanol–water partition coefficient (Wildman–Crippen LogP) is 1.55. The van der Waals surface area contributed by atoms with Gasteiger partial charge in [-0.25, -0.2) is 0 Å². The van der Waals surface area contributed by atoms with Gasteiger partial charge in [0.25, 0.3) is 0 Å². The van der Waals surface area contributed by atoms with Gasteiger partial charge in [-0.3, -0.25) is 4.90 Å². The van der Waals surface area contributed by atoms with E-state index in [0.717, 1.165) is 12.8 Å². The van der Waals surface area contributed by atoms with Crippen LogP contribution in [0, 0.1) is 0 Å². The molecule has 1 saturated carbocycles. The van der Waals surface area contributed by atoms with Gasteiger partial charge in [-0.15, -0.1) is 0 Å². The number of nitrogens with zero attached hydrogens (tertiary/aromatic N) is 1. The summed E-state index contributed by atoms with van der Waals surface area (Å²) in [6, 6.07) is 1.26. The fraction of sp³-hybridized carbons (Fsp3) is 0.818. The van der Waals surface area contributed by atoms with Gasteiger partial charge in [-0.1, -0.05) is 12.2 Å². The van der Waals surface area contributed by atoms with Crippen molar-refractivity contribution in [3.63, 3.8) is 0 Å². The lowest BCUT2D eigenvalue weighted by Gasteiger charge is -2.42. The fourth-order valence-corrected chi connectivity index (χ4v) is 2.30. The Kier molecular flexibility index (Phi) is 2.70. The molecule has 2 aliphatic rings. The van der Waals surface area contributed by atoms with Crippen molar-refractivity contribution in [1.82, 2.24) is 4.90 Å². The quantitative estimate of drug-likeness (QED) is 0.653. The Bertz CT molecular complexity index is 196. The third-order valence-electron chi connectivity index (χ3n) is 3.42. The van der Waals surface area contributed by atoms with Crippen LogP contribution in [0.15, 0.2) is 12.2 Å². The van der Waals surface area contributed by atoms with Gasteiger partial charge in [-0.2, -0.15) is 0 Å². The second kappa shape index (κ2) is 3.81. The standard InChI is InChI=1S/C11H19NO/c1-12(10-7-11(13)8-10)9-5-3-2-4-6-9/h3,5,9-11,13H,2,4,6-8H2,1H3. The van der Waals surface area contributed by atoms with Crippen LogP contribution in [0.3, 0.4) is 0 Å². The lowest BCUT2D eigenvalue weighted by Crippen LogP contribution is -2.49. The molecule has 2 heteroatoms. The van der Waals surface area contributed by atoms with E-state index in [2.05, 4.69) is 24.1 Å². The molecule has 1 fully saturated rings. The Morgan fingerprint density at radius 2 is 2.15 bits per heavy atom. The molecule has 1 atom stereocenters. The molecule has 0 aromatic heterocycles. The maximum atomic E-state index is 9.22. The first-order valence-corrected chi connectivity index (χ1v) is 5.34. The van der Waals surface area contributed by atoms with E-state index < -0.39 is 0 Å². The lowest BCUT2D eigenvalue weighted by atomic mass is 9.86. The van der Waals surface area contributed by atoms with Crippen molar-refractivity contribution in [2.45, 2.75) is 50.3 Å². The number of likely N-dealkylation sites (N-methyl/N-ethyl adjacent to an activating group) is 1. The average molecular weight is 181 g/mol. The summed E-state index contributed by atoms with van der Waals surface area (Å²) < 4.78 is 0. The van der Waals surface area contributed by atoms with E-state index >= 15 is 0 Å². The Morgan fingerprint density at radius 3 is 2.69 bits per heavy atom. The second-order valence-electron chi connectivity index (χ2n) is 4.37. The molecule has 1 unspecified atom stereocenters. The van der Waals surface area contributed by atoms with Gasteiger partial charge in [0.15, 0.2) is 0 Å². The van der Waals surface area contributed by atoms with E-state index in [1.807, 2.05) is 0 Å². The highest BCUT2D eigenvalue weighted by Gasteiger charge is 2.32. The molecule has 0 spiro atoms. The number of aliphatic hydroxyl groups excluding tert-OH is 1. The van der Waals surface area contributed by atoms with Crippen LogP contribution >= 0.6 is 0 Å². The first-order valence-electron chi connectivity index (χ1n) is 5.34. The Balaban J connectivity index is 1.85. The van der Waals surface area contributed by atoms with Gasteiger partial charge in [-0.05, 0) is 39.2 Å². The summed E-state index contributed by atoms with van der Waals surface area (Å²) in [5.41, 5.74) is 0. The molecule has 0 bridgehead atoms. The first-order chi connectivity index (χ1) is 6.27. The number of hydrogen-bond donors (Lipinski definition) is 1. The lowest BCUT2D eigenvalue weighted by molar-refractivity contribution is 0.000834. The van der Waals surface area contributed by atoms with Crippen LogP contribution in [0.2, 0.25) is 0 Å². The van der Waals surface area contributed by atoms with Gasteiger partial charge in [0.1, 0.15) is 0 Å². The summed E-state index contributed by atoms with van der Waals surface area (Å²) in [5, 5.41) is 9.22. The van der Waals surface area contributed by atoms with Crippen molar-refractivity contribution in [1.29, 1.82) is 0 Å². The summed E-state index contributed by atoms with van der Waals surface area (Å²) in [4.78, 5) is 2.43. The molecule has 0 aromatic rings. The smallest absolute Gasteiger partial charge is 0.0570 e. The third kappa shape index (κ3) is 1.94. The van der Waals surface area contributed by atoms with E-state index in [-0.39, 0.29) is 6.10 Å². The molecule has 1 N–H and O–H groups in total. The highest BCUT2D eigenvalue weighted by molar-refractivity contribution is 5.01. The predicted molar refractivity (Wildman–Crippen MR) is 53.6 cm³/mol. The number of allylic oxidation sites excluding steroid dienone is 1. The van der Waals surface area contributed by atoms with E-state index in [1.54, 1.807) is 0 Å². The van der Waals surface area contributed by atoms with Gasteiger partial charge in [0, 0.05) is 12.1 Å². The van der Waals surface area contributed by atoms with Crippen molar-refractivity contribution in [3.8, 4) is 0 Å². The van der Waals surface area contributed by atoms with Gasteiger partial charge >= 0.3 is 0 Å². The van der Waals surface area contributed by atoms with Gasteiger partial charge in [0.2, 0.25) is 0 Å². The molecule has 2 rings (SSSR count). The molecular weight excluding hydrogens is 162 g/mol. The zero-order valence-corrected chi connectivity index (χ0v) is 8.32. The Labute approximate surface area is 80.2 Å². The number of aliphatic hydroxyl groups is 1. The molecule has 0 saturated heterocycles. The molecule has 0 aromatic carbocycles. The number of rotatable bonds is 2. The van der Waals surface area contributed by atoms with Gasteiger partial charge < -0.3 is 5.11 Å². The Hall–Kier alpha value is -0.340. The fourth-order valence-electron chi connectivity index (χ4n) is 2.30. The minimum atomic E-state index is -0.0278. The van der Waals surface area contributed by atoms with Gasteiger partial charge in [0.05, 0.1) is 6.10 Å². The third-order valence-corrected chi connectivity index (χ3v) is 3.42. The van der Waals surface area contributed by atoms with Crippen molar-refractivity contribution < 1.29 is 5.11 Å². The highest BCUT2D eigenvalue weighted by Crippen LogP contribution is 2.28. The monoisotopic (exact) mass is 181 g/mol. The van der Waals surface area contributed by atoms with Crippen LogP contribution in [0.4, 0.5) is 0 Å². The van der Waals surface area contributed by atoms with Crippen LogP contribution in [0.1, 0.15) is 32.1 Å². The normalized spacial score (nSPS) is 39.2. The first kappa shape index (κ1) is 9.22. The molecule has 2 aliphatic carbocycles. The summed E-state index contributed by atoms with van der Waals surface area (Å²) in [7, 11) is 2.19. The van der Waals surface area contributed by atoms with E-state index in [0.29, 0.717) is 12.1 Å². The van der Waals surface area contributed by atoms with Crippen molar-refractivity contribution in [2.24, 2.45) is 0 Å². The van der Waals surface area contributed by atoms with E-state index in [4.69, 9.17) is 0 Å². The summed E-state index contributed by atoms with van der Waals surface area (Å²) in [6.45, 7) is 0. The second-order valence-corrected chi connectivity index (χ2v) is 4.37. The SMILES string of the molecule is CN(C1C=CCCC1)C1CC(O)C1. The van der Waals surface area contributed by atoms with E-state index in [9.17, 15) is 5.11 Å². The molecule has 0 heterocycles. The maximum Gasteiger partial charge on any atom is 0.0570 e. The van der Waals surface area contributed by atoms with Crippen LogP contribution in [0.25, 0.3) is 0 Å². The molecule has 74 valence electrons. The zero-order chi connectivity index (χ0) is 9.26. The van der Waals surface area contributed by atoms with Crippen LogP contribution in [-0.4, -0.2) is 35.2 Å². The highest BCUT2D eigenvalue weighted by atomic mass is 16.3. The minimum Gasteiger partial charge on any atom is -0.393 e. The van der Waals surface area contributed by atoms with Crippen molar-refractivity contribution >= 4 is 0 Å². The zero-order valence-electron chi connectivity index (χ0n) is 8.32. The molecule has 0 radical (unpaired) electrons. The summed E-state index contributed by atoms with van der Waals surface area (Å²) in [5.74, 6) is 0. The Morgan fingerprint density at radius 1 is 1.38 bits per heavy atom. The van der Waals surface area contributed by atoms with Crippen LogP contribution in [-0.2, 0) is 0 Å². The van der Waals surface area contributed by atoms with Crippen molar-refractivity contribution in [2.75, 3.05) is 7.05 Å². The average Bonchev–Trinajstić information content (AvgIpc) is 2.13. The maximum absolute atomic E-state index is 9.22. The van der Waals surface area contributed by atoms with Crippen LogP contribution in [0.5, 0.6) is 0 Å². The molecular formula is C11H19NO. The molecule has 0 amide bonds. The number of hydrogen-bond acceptors (Lipinski definition) is 2. The molecule has 2 nitrogen and oxygen atoms in total. The largest absolute Gasteiger partial charge is 0.393 e. The summed E-state index contributed by atoms with van der Waals surface area (Å²) in [6.07, 6.45) is 10.4. The van der Waals surface area contributed by atoms with Crippen molar-refractivity contribution in [3.05, 3.63) is 12.2 Å². The molecule has 0 aliphatic heterocycles. The summed E-state index contributed by atoms with van der Waals surface area (Å²) >= 11 is 0.